The van der Waals surface area contributed by atoms with E-state index in [0.29, 0.717) is 6.42 Å². The second-order valence-electron chi connectivity index (χ2n) is 10.3. The fourth-order valence-electron chi connectivity index (χ4n) is 4.23. The van der Waals surface area contributed by atoms with E-state index in [1.165, 1.54) is 0 Å². The Morgan fingerprint density at radius 2 is 1.56 bits per heavy atom. The van der Waals surface area contributed by atoms with Gasteiger partial charge in [-0.15, -0.1) is 0 Å². The zero-order valence-electron chi connectivity index (χ0n) is 22.8. The zero-order valence-corrected chi connectivity index (χ0v) is 22.8. The number of carboxylic acids is 1. The lowest BCUT2D eigenvalue weighted by Gasteiger charge is -2.27. The Bertz CT molecular complexity index is 1180. The van der Waals surface area contributed by atoms with Gasteiger partial charge in [-0.05, 0) is 29.9 Å². The summed E-state index contributed by atoms with van der Waals surface area (Å²) in [6, 6.07) is 2.85. The van der Waals surface area contributed by atoms with Gasteiger partial charge in [0.15, 0.2) is 0 Å². The molecule has 5 unspecified atom stereocenters. The maximum absolute atomic E-state index is 13.5. The predicted molar refractivity (Wildman–Crippen MR) is 146 cm³/mol. The van der Waals surface area contributed by atoms with Crippen LogP contribution < -0.4 is 27.4 Å². The van der Waals surface area contributed by atoms with Crippen LogP contribution in [0.15, 0.2) is 30.5 Å². The number of hydrogen-bond acceptors (Lipinski definition) is 6. The van der Waals surface area contributed by atoms with Crippen molar-refractivity contribution in [3.63, 3.8) is 0 Å². The van der Waals surface area contributed by atoms with Crippen LogP contribution in [-0.4, -0.2) is 63.9 Å². The number of rotatable bonds is 15. The summed E-state index contributed by atoms with van der Waals surface area (Å²) in [5.41, 5.74) is 12.5. The van der Waals surface area contributed by atoms with Gasteiger partial charge < -0.3 is 37.5 Å². The molecule has 2 aromatic rings. The number of carboxylic acid groups (broad SMARTS) is 1. The molecule has 2 rings (SSSR count). The number of nitrogens with two attached hydrogens (primary N) is 2. The van der Waals surface area contributed by atoms with Gasteiger partial charge in [0.2, 0.25) is 23.6 Å². The minimum Gasteiger partial charge on any atom is -0.480 e. The number of para-hydroxylation sites is 1. The lowest BCUT2D eigenvalue weighted by atomic mass is 9.97. The van der Waals surface area contributed by atoms with E-state index >= 15 is 0 Å². The first kappa shape index (κ1) is 31.3. The van der Waals surface area contributed by atoms with Gasteiger partial charge >= 0.3 is 5.97 Å². The summed E-state index contributed by atoms with van der Waals surface area (Å²) in [5.74, 6) is -4.32. The fourth-order valence-corrected chi connectivity index (χ4v) is 4.23. The molecule has 0 aliphatic carbocycles. The van der Waals surface area contributed by atoms with E-state index in [1.54, 1.807) is 13.1 Å². The van der Waals surface area contributed by atoms with Crippen molar-refractivity contribution in [3.05, 3.63) is 36.0 Å². The smallest absolute Gasteiger partial charge is 0.326 e. The number of primary amides is 1. The second kappa shape index (κ2) is 14.3. The van der Waals surface area contributed by atoms with Crippen molar-refractivity contribution in [1.82, 2.24) is 20.9 Å². The van der Waals surface area contributed by atoms with Crippen molar-refractivity contribution in [1.29, 1.82) is 0 Å². The molecule has 4 amide bonds. The van der Waals surface area contributed by atoms with E-state index in [4.69, 9.17) is 11.5 Å². The number of amides is 4. The third-order valence-corrected chi connectivity index (χ3v) is 6.61. The van der Waals surface area contributed by atoms with Crippen LogP contribution in [0.3, 0.4) is 0 Å². The summed E-state index contributed by atoms with van der Waals surface area (Å²) in [6.45, 7) is 7.27. The normalized spacial score (nSPS) is 15.1. The Morgan fingerprint density at radius 3 is 2.15 bits per heavy atom. The van der Waals surface area contributed by atoms with Gasteiger partial charge in [0, 0.05) is 23.5 Å². The largest absolute Gasteiger partial charge is 0.480 e. The van der Waals surface area contributed by atoms with Crippen molar-refractivity contribution in [2.24, 2.45) is 23.3 Å². The average Bonchev–Trinajstić information content (AvgIpc) is 3.27. The molecule has 1 heterocycles. The summed E-state index contributed by atoms with van der Waals surface area (Å²) < 4.78 is 0. The minimum atomic E-state index is -1.26. The molecule has 5 atom stereocenters. The topological polar surface area (TPSA) is 210 Å². The number of aliphatic carboxylic acids is 1. The molecular formula is C27H40N6O6. The number of carbonyl (C=O) groups is 5. The van der Waals surface area contributed by atoms with Crippen molar-refractivity contribution in [2.45, 2.75) is 77.5 Å². The predicted octanol–water partition coefficient (Wildman–Crippen LogP) is 0.544. The highest BCUT2D eigenvalue weighted by molar-refractivity contribution is 5.95. The van der Waals surface area contributed by atoms with E-state index in [9.17, 15) is 29.1 Å². The quantitative estimate of drug-likeness (QED) is 0.169. The summed E-state index contributed by atoms with van der Waals surface area (Å²) >= 11 is 0. The number of aromatic amines is 1. The Morgan fingerprint density at radius 1 is 0.949 bits per heavy atom. The van der Waals surface area contributed by atoms with Crippen LogP contribution in [0.1, 0.15) is 52.5 Å². The van der Waals surface area contributed by atoms with E-state index in [0.717, 1.165) is 16.5 Å². The lowest BCUT2D eigenvalue weighted by Crippen LogP contribution is -2.58. The van der Waals surface area contributed by atoms with Crippen LogP contribution in [0, 0.1) is 11.8 Å². The molecule has 9 N–H and O–H groups in total. The van der Waals surface area contributed by atoms with Gasteiger partial charge in [-0.25, -0.2) is 4.79 Å². The molecule has 0 radical (unpaired) electrons. The van der Waals surface area contributed by atoms with Crippen LogP contribution in [-0.2, 0) is 30.4 Å². The van der Waals surface area contributed by atoms with Crippen molar-refractivity contribution < 1.29 is 29.1 Å². The molecule has 1 aromatic heterocycles. The first-order chi connectivity index (χ1) is 18.3. The van der Waals surface area contributed by atoms with Crippen molar-refractivity contribution in [3.8, 4) is 0 Å². The average molecular weight is 545 g/mol. The van der Waals surface area contributed by atoms with Crippen LogP contribution in [0.2, 0.25) is 0 Å². The highest BCUT2D eigenvalue weighted by Crippen LogP contribution is 2.19. The number of fused-ring (bicyclic) bond motifs is 1. The molecule has 214 valence electrons. The van der Waals surface area contributed by atoms with E-state index in [1.807, 2.05) is 45.0 Å². The third kappa shape index (κ3) is 9.10. The van der Waals surface area contributed by atoms with Crippen LogP contribution >= 0.6 is 0 Å². The molecule has 0 aliphatic heterocycles. The summed E-state index contributed by atoms with van der Waals surface area (Å²) in [5, 5.41) is 18.3. The number of H-pyrrole nitrogens is 1. The van der Waals surface area contributed by atoms with Gasteiger partial charge in [-0.1, -0.05) is 52.3 Å². The van der Waals surface area contributed by atoms with Gasteiger partial charge in [0.25, 0.3) is 0 Å². The van der Waals surface area contributed by atoms with Crippen LogP contribution in [0.4, 0.5) is 0 Å². The Hall–Kier alpha value is -3.93. The second-order valence-corrected chi connectivity index (χ2v) is 10.3. The van der Waals surface area contributed by atoms with Gasteiger partial charge in [-0.3, -0.25) is 19.2 Å². The number of benzene rings is 1. The molecule has 12 nitrogen and oxygen atoms in total. The lowest BCUT2D eigenvalue weighted by molar-refractivity contribution is -0.144. The molecule has 0 saturated carbocycles. The number of carbonyl (C=O) groups excluding carboxylic acids is 4. The summed E-state index contributed by atoms with van der Waals surface area (Å²) in [7, 11) is 0. The first-order valence-corrected chi connectivity index (χ1v) is 13.1. The Balaban J connectivity index is 2.32. The molecule has 0 bridgehead atoms. The molecule has 0 saturated heterocycles. The SMILES string of the molecule is CCC(C)C(NC(=O)C(CC(C)C)NC(=O)C(Cc1c[nH]c2ccccc12)NC(=O)C(N)CC(N)=O)C(=O)O. The number of nitrogens with one attached hydrogen (secondary N) is 4. The number of aromatic nitrogens is 1. The monoisotopic (exact) mass is 544 g/mol. The Kier molecular flexibility index (Phi) is 11.5. The molecule has 12 heteroatoms. The maximum atomic E-state index is 13.5. The minimum absolute atomic E-state index is 0.0152. The highest BCUT2D eigenvalue weighted by atomic mass is 16.4. The molecular weight excluding hydrogens is 504 g/mol. The molecule has 0 fully saturated rings. The zero-order chi connectivity index (χ0) is 29.3. The van der Waals surface area contributed by atoms with E-state index in [-0.39, 0.29) is 24.7 Å². The van der Waals surface area contributed by atoms with Crippen LogP contribution in [0.5, 0.6) is 0 Å². The van der Waals surface area contributed by atoms with Crippen molar-refractivity contribution in [2.75, 3.05) is 0 Å². The molecule has 39 heavy (non-hydrogen) atoms. The van der Waals surface area contributed by atoms with E-state index < -0.39 is 60.2 Å². The Labute approximate surface area is 227 Å². The first-order valence-electron chi connectivity index (χ1n) is 13.1. The molecule has 0 spiro atoms. The van der Waals surface area contributed by atoms with Gasteiger partial charge in [-0.2, -0.15) is 0 Å². The summed E-state index contributed by atoms with van der Waals surface area (Å²) in [6.07, 6.45) is 2.15. The van der Waals surface area contributed by atoms with E-state index in [2.05, 4.69) is 20.9 Å². The third-order valence-electron chi connectivity index (χ3n) is 6.61. The molecule has 1 aromatic carbocycles. The highest BCUT2D eigenvalue weighted by Gasteiger charge is 2.32. The summed E-state index contributed by atoms with van der Waals surface area (Å²) in [4.78, 5) is 65.6. The van der Waals surface area contributed by atoms with Crippen molar-refractivity contribution >= 4 is 40.5 Å². The fraction of sp³-hybridized carbons (Fsp3) is 0.519. The van der Waals surface area contributed by atoms with Gasteiger partial charge in [0.05, 0.1) is 12.5 Å². The molecule has 0 aliphatic rings. The standard InChI is InChI=1S/C27H40N6O6/c1-5-15(4)23(27(38)39)33-26(37)20(10-14(2)3)32-25(36)21(31-24(35)18(28)12-22(29)34)11-16-13-30-19-9-7-6-8-17(16)19/h6-9,13-15,18,20-21,23,30H,5,10-12,28H2,1-4H3,(H2,29,34)(H,31,35)(H,32,36)(H,33,37)(H,38,39). The number of hydrogen-bond donors (Lipinski definition) is 7. The van der Waals surface area contributed by atoms with Gasteiger partial charge in [0.1, 0.15) is 18.1 Å². The maximum Gasteiger partial charge on any atom is 0.326 e. The van der Waals surface area contributed by atoms with Crippen LogP contribution in [0.25, 0.3) is 10.9 Å².